The molecule has 3 aliphatic rings. The van der Waals surface area contributed by atoms with E-state index in [1.54, 1.807) is 0 Å². The highest BCUT2D eigenvalue weighted by Gasteiger charge is 2.45. The van der Waals surface area contributed by atoms with Crippen LogP contribution in [0, 0.1) is 5.92 Å². The number of fused-ring (bicyclic) bond motifs is 2. The van der Waals surface area contributed by atoms with Gasteiger partial charge in [-0.3, -0.25) is 14.7 Å². The Morgan fingerprint density at radius 3 is 2.86 bits per heavy atom. The van der Waals surface area contributed by atoms with Crippen molar-refractivity contribution in [2.45, 2.75) is 50.5 Å². The van der Waals surface area contributed by atoms with E-state index in [-0.39, 0.29) is 24.0 Å². The number of aromatic nitrogens is 1. The maximum absolute atomic E-state index is 12.4. The summed E-state index contributed by atoms with van der Waals surface area (Å²) < 4.78 is 6.02. The van der Waals surface area contributed by atoms with Crippen LogP contribution in [0.3, 0.4) is 0 Å². The lowest BCUT2D eigenvalue weighted by molar-refractivity contribution is -0.129. The molecule has 3 fully saturated rings. The van der Waals surface area contributed by atoms with Crippen LogP contribution in [-0.2, 0) is 16.1 Å². The molecular formula is C17H23N3O2. The quantitative estimate of drug-likeness (QED) is 0.912. The first-order valence-corrected chi connectivity index (χ1v) is 8.35. The fraction of sp³-hybridized carbons (Fsp3) is 0.647. The average Bonchev–Trinajstić information content (AvgIpc) is 2.79. The molecule has 1 amide bonds. The third-order valence-electron chi connectivity index (χ3n) is 5.18. The average molecular weight is 301 g/mol. The Balaban J connectivity index is 1.36. The van der Waals surface area contributed by atoms with Crippen LogP contribution >= 0.6 is 0 Å². The first-order chi connectivity index (χ1) is 10.8. The molecule has 1 N–H and O–H groups in total. The predicted octanol–water partition coefficient (Wildman–Crippen LogP) is 1.34. The third-order valence-corrected chi connectivity index (χ3v) is 5.18. The minimum Gasteiger partial charge on any atom is -0.371 e. The van der Waals surface area contributed by atoms with Crippen LogP contribution in [-0.4, -0.2) is 47.1 Å². The van der Waals surface area contributed by atoms with Crippen molar-refractivity contribution in [2.24, 2.45) is 5.92 Å². The summed E-state index contributed by atoms with van der Waals surface area (Å²) in [4.78, 5) is 18.9. The molecule has 0 spiro atoms. The van der Waals surface area contributed by atoms with Gasteiger partial charge in [-0.15, -0.1) is 0 Å². The van der Waals surface area contributed by atoms with Gasteiger partial charge in [0, 0.05) is 38.1 Å². The van der Waals surface area contributed by atoms with Crippen LogP contribution in [0.25, 0.3) is 0 Å². The van der Waals surface area contributed by atoms with Crippen LogP contribution < -0.4 is 5.32 Å². The van der Waals surface area contributed by atoms with Gasteiger partial charge in [-0.1, -0.05) is 0 Å². The Kier molecular flexibility index (Phi) is 3.84. The number of likely N-dealkylation sites (tertiary alicyclic amines) is 1. The summed E-state index contributed by atoms with van der Waals surface area (Å²) in [5, 5.41) is 3.19. The van der Waals surface area contributed by atoms with Crippen molar-refractivity contribution in [1.29, 1.82) is 0 Å². The van der Waals surface area contributed by atoms with Gasteiger partial charge < -0.3 is 10.1 Å². The van der Waals surface area contributed by atoms with Gasteiger partial charge in [-0.05, 0) is 43.4 Å². The van der Waals surface area contributed by atoms with Gasteiger partial charge in [0.05, 0.1) is 18.1 Å². The molecule has 1 aliphatic carbocycles. The number of nitrogens with one attached hydrogen (secondary N) is 1. The standard InChI is InChI=1S/C17H23N3O2/c21-17(19-13-2-1-3-13)15-8-14-10-20(11-16(15)22-14)9-12-4-6-18-7-5-12/h4-7,13-16H,1-3,8-11H2,(H,19,21). The van der Waals surface area contributed by atoms with E-state index in [1.165, 1.54) is 12.0 Å². The monoisotopic (exact) mass is 301 g/mol. The van der Waals surface area contributed by atoms with Gasteiger partial charge in [0.2, 0.25) is 5.91 Å². The second kappa shape index (κ2) is 5.97. The number of rotatable bonds is 4. The molecule has 2 bridgehead atoms. The fourth-order valence-electron chi connectivity index (χ4n) is 3.75. The second-order valence-electron chi connectivity index (χ2n) is 6.82. The zero-order chi connectivity index (χ0) is 14.9. The molecule has 4 rings (SSSR count). The first kappa shape index (κ1) is 14.2. The minimum absolute atomic E-state index is 0.0352. The summed E-state index contributed by atoms with van der Waals surface area (Å²) in [7, 11) is 0. The van der Waals surface area contributed by atoms with E-state index < -0.39 is 0 Å². The highest BCUT2D eigenvalue weighted by atomic mass is 16.5. The van der Waals surface area contributed by atoms with E-state index in [0.717, 1.165) is 38.9 Å². The molecule has 0 aromatic carbocycles. The third kappa shape index (κ3) is 2.88. The molecule has 3 atom stereocenters. The lowest BCUT2D eigenvalue weighted by Gasteiger charge is -2.33. The molecule has 22 heavy (non-hydrogen) atoms. The van der Waals surface area contributed by atoms with Crippen molar-refractivity contribution in [3.8, 4) is 0 Å². The second-order valence-corrected chi connectivity index (χ2v) is 6.82. The molecule has 1 saturated carbocycles. The number of ether oxygens (including phenoxy) is 1. The van der Waals surface area contributed by atoms with Crippen LogP contribution in [0.4, 0.5) is 0 Å². The topological polar surface area (TPSA) is 54.5 Å². The van der Waals surface area contributed by atoms with Crippen molar-refractivity contribution in [2.75, 3.05) is 13.1 Å². The van der Waals surface area contributed by atoms with E-state index in [2.05, 4.69) is 27.3 Å². The number of amides is 1. The highest BCUT2D eigenvalue weighted by Crippen LogP contribution is 2.33. The lowest BCUT2D eigenvalue weighted by Crippen LogP contribution is -2.47. The number of hydrogen-bond donors (Lipinski definition) is 1. The first-order valence-electron chi connectivity index (χ1n) is 8.35. The molecule has 2 saturated heterocycles. The maximum Gasteiger partial charge on any atom is 0.226 e. The molecule has 3 heterocycles. The van der Waals surface area contributed by atoms with E-state index in [4.69, 9.17) is 4.74 Å². The van der Waals surface area contributed by atoms with Crippen molar-refractivity contribution >= 4 is 5.91 Å². The summed E-state index contributed by atoms with van der Waals surface area (Å²) in [5.74, 6) is 0.246. The smallest absolute Gasteiger partial charge is 0.226 e. The largest absolute Gasteiger partial charge is 0.371 e. The summed E-state index contributed by atoms with van der Waals surface area (Å²) in [6.45, 7) is 2.68. The number of morpholine rings is 1. The van der Waals surface area contributed by atoms with Gasteiger partial charge in [0.25, 0.3) is 0 Å². The molecule has 1 aromatic heterocycles. The van der Waals surface area contributed by atoms with Crippen molar-refractivity contribution < 1.29 is 9.53 Å². The Labute approximate surface area is 131 Å². The highest BCUT2D eigenvalue weighted by molar-refractivity contribution is 5.80. The summed E-state index contributed by atoms with van der Waals surface area (Å²) >= 11 is 0. The Hall–Kier alpha value is -1.46. The number of hydrogen-bond acceptors (Lipinski definition) is 4. The molecule has 118 valence electrons. The number of carbonyl (C=O) groups is 1. The number of pyridine rings is 1. The van der Waals surface area contributed by atoms with Gasteiger partial charge in [-0.25, -0.2) is 0 Å². The molecule has 2 aliphatic heterocycles. The molecule has 0 radical (unpaired) electrons. The van der Waals surface area contributed by atoms with Crippen molar-refractivity contribution in [1.82, 2.24) is 15.2 Å². The van der Waals surface area contributed by atoms with Gasteiger partial charge in [0.15, 0.2) is 0 Å². The maximum atomic E-state index is 12.4. The van der Waals surface area contributed by atoms with E-state index in [1.807, 2.05) is 12.4 Å². The Morgan fingerprint density at radius 1 is 1.32 bits per heavy atom. The van der Waals surface area contributed by atoms with Gasteiger partial charge in [-0.2, -0.15) is 0 Å². The Bertz CT molecular complexity index is 532. The van der Waals surface area contributed by atoms with E-state index >= 15 is 0 Å². The lowest BCUT2D eigenvalue weighted by atomic mass is 9.91. The van der Waals surface area contributed by atoms with Crippen LogP contribution in [0.2, 0.25) is 0 Å². The summed E-state index contributed by atoms with van der Waals surface area (Å²) in [5.41, 5.74) is 1.27. The number of nitrogens with zero attached hydrogens (tertiary/aromatic N) is 2. The molecule has 5 heteroatoms. The fourth-order valence-corrected chi connectivity index (χ4v) is 3.75. The van der Waals surface area contributed by atoms with E-state index in [0.29, 0.717) is 6.04 Å². The summed E-state index contributed by atoms with van der Waals surface area (Å²) in [6, 6.07) is 4.52. The molecule has 5 nitrogen and oxygen atoms in total. The van der Waals surface area contributed by atoms with Crippen LogP contribution in [0.1, 0.15) is 31.2 Å². The Morgan fingerprint density at radius 2 is 2.14 bits per heavy atom. The zero-order valence-corrected chi connectivity index (χ0v) is 12.8. The molecular weight excluding hydrogens is 278 g/mol. The predicted molar refractivity (Wildman–Crippen MR) is 82.1 cm³/mol. The van der Waals surface area contributed by atoms with Crippen LogP contribution in [0.15, 0.2) is 24.5 Å². The number of carbonyl (C=O) groups excluding carboxylic acids is 1. The van der Waals surface area contributed by atoms with Gasteiger partial charge in [0.1, 0.15) is 0 Å². The zero-order valence-electron chi connectivity index (χ0n) is 12.8. The molecule has 1 aromatic rings. The van der Waals surface area contributed by atoms with Crippen molar-refractivity contribution in [3.63, 3.8) is 0 Å². The normalized spacial score (nSPS) is 31.7. The van der Waals surface area contributed by atoms with Crippen LogP contribution in [0.5, 0.6) is 0 Å². The van der Waals surface area contributed by atoms with E-state index in [9.17, 15) is 4.79 Å². The summed E-state index contributed by atoms with van der Waals surface area (Å²) in [6.07, 6.45) is 8.33. The van der Waals surface area contributed by atoms with Gasteiger partial charge >= 0.3 is 0 Å². The minimum atomic E-state index is 0.0352. The van der Waals surface area contributed by atoms with Crippen molar-refractivity contribution in [3.05, 3.63) is 30.1 Å². The SMILES string of the molecule is O=C(NC1CCC1)C1CC2CN(Cc3ccncc3)CC1O2. The molecule has 3 unspecified atom stereocenters.